The van der Waals surface area contributed by atoms with Gasteiger partial charge in [0, 0.05) is 18.6 Å². The Bertz CT molecular complexity index is 448. The van der Waals surface area contributed by atoms with Gasteiger partial charge < -0.3 is 16.0 Å². The number of benzene rings is 1. The number of nitrogens with two attached hydrogens (primary N) is 1. The van der Waals surface area contributed by atoms with Crippen LogP contribution in [0.25, 0.3) is 0 Å². The molecule has 2 unspecified atom stereocenters. The maximum absolute atomic E-state index is 12.1. The fraction of sp³-hybridized carbons (Fsp3) is 0.500. The molecule has 2 atom stereocenters. The van der Waals surface area contributed by atoms with Crippen LogP contribution in [0.15, 0.2) is 22.7 Å². The first-order chi connectivity index (χ1) is 8.86. The number of halogens is 1. The average molecular weight is 328 g/mol. The molecule has 0 saturated heterocycles. The van der Waals surface area contributed by atoms with Crippen molar-refractivity contribution >= 4 is 33.2 Å². The summed E-state index contributed by atoms with van der Waals surface area (Å²) >= 11 is 3.41. The lowest BCUT2D eigenvalue weighted by atomic mass is 9.99. The second-order valence-corrected chi connectivity index (χ2v) is 5.87. The van der Waals surface area contributed by atoms with Gasteiger partial charge in [-0.05, 0) is 24.1 Å². The summed E-state index contributed by atoms with van der Waals surface area (Å²) < 4.78 is 0.922. The van der Waals surface area contributed by atoms with Crippen molar-refractivity contribution in [3.8, 4) is 0 Å². The van der Waals surface area contributed by atoms with Crippen LogP contribution in [-0.4, -0.2) is 26.0 Å². The van der Waals surface area contributed by atoms with E-state index in [1.807, 2.05) is 51.0 Å². The van der Waals surface area contributed by atoms with E-state index in [9.17, 15) is 4.79 Å². The number of anilines is 2. The highest BCUT2D eigenvalue weighted by molar-refractivity contribution is 9.10. The van der Waals surface area contributed by atoms with Crippen molar-refractivity contribution in [3.63, 3.8) is 0 Å². The van der Waals surface area contributed by atoms with Crippen molar-refractivity contribution in [1.29, 1.82) is 0 Å². The standard InChI is InChI=1S/C14H22BrN3O/c1-5-9(2)13(16)14(19)17-11-8-10(15)6-7-12(11)18(3)4/h6-9,13H,5,16H2,1-4H3,(H,17,19). The Kier molecular flexibility index (Phi) is 5.82. The van der Waals surface area contributed by atoms with Gasteiger partial charge >= 0.3 is 0 Å². The first-order valence-corrected chi connectivity index (χ1v) is 7.19. The van der Waals surface area contributed by atoms with Gasteiger partial charge in [0.2, 0.25) is 5.91 Å². The Morgan fingerprint density at radius 3 is 2.63 bits per heavy atom. The Balaban J connectivity index is 2.92. The Morgan fingerprint density at radius 2 is 2.11 bits per heavy atom. The summed E-state index contributed by atoms with van der Waals surface area (Å²) in [5.74, 6) is 0.0190. The van der Waals surface area contributed by atoms with Crippen molar-refractivity contribution < 1.29 is 4.79 Å². The zero-order valence-electron chi connectivity index (χ0n) is 11.9. The number of amides is 1. The minimum atomic E-state index is -0.487. The molecule has 0 aromatic heterocycles. The molecule has 0 fully saturated rings. The molecule has 0 spiro atoms. The van der Waals surface area contributed by atoms with Crippen LogP contribution in [0.2, 0.25) is 0 Å². The molecular weight excluding hydrogens is 306 g/mol. The van der Waals surface area contributed by atoms with Crippen LogP contribution >= 0.6 is 15.9 Å². The van der Waals surface area contributed by atoms with E-state index in [4.69, 9.17) is 5.73 Å². The molecule has 0 radical (unpaired) electrons. The first-order valence-electron chi connectivity index (χ1n) is 6.40. The lowest BCUT2D eigenvalue weighted by Crippen LogP contribution is -2.40. The lowest BCUT2D eigenvalue weighted by molar-refractivity contribution is -0.118. The quantitative estimate of drug-likeness (QED) is 0.874. The predicted molar refractivity (Wildman–Crippen MR) is 84.5 cm³/mol. The second-order valence-electron chi connectivity index (χ2n) is 4.96. The summed E-state index contributed by atoms with van der Waals surface area (Å²) in [5, 5.41) is 2.91. The molecule has 1 aromatic rings. The number of hydrogen-bond acceptors (Lipinski definition) is 3. The van der Waals surface area contributed by atoms with Crippen LogP contribution in [0.1, 0.15) is 20.3 Å². The molecule has 5 heteroatoms. The van der Waals surface area contributed by atoms with Crippen molar-refractivity contribution in [1.82, 2.24) is 0 Å². The van der Waals surface area contributed by atoms with Crippen molar-refractivity contribution in [2.75, 3.05) is 24.3 Å². The van der Waals surface area contributed by atoms with E-state index in [1.54, 1.807) is 0 Å². The van der Waals surface area contributed by atoms with Crippen LogP contribution in [0.4, 0.5) is 11.4 Å². The highest BCUT2D eigenvalue weighted by Gasteiger charge is 2.20. The molecule has 0 heterocycles. The summed E-state index contributed by atoms with van der Waals surface area (Å²) in [6, 6.07) is 5.30. The fourth-order valence-corrected chi connectivity index (χ4v) is 2.09. The molecule has 19 heavy (non-hydrogen) atoms. The van der Waals surface area contributed by atoms with Gasteiger partial charge in [-0.2, -0.15) is 0 Å². The molecule has 4 nitrogen and oxygen atoms in total. The third-order valence-corrected chi connectivity index (χ3v) is 3.75. The van der Waals surface area contributed by atoms with Crippen LogP contribution in [0.5, 0.6) is 0 Å². The molecule has 0 aliphatic heterocycles. The first kappa shape index (κ1) is 16.0. The molecular formula is C14H22BrN3O. The van der Waals surface area contributed by atoms with Gasteiger partial charge in [-0.15, -0.1) is 0 Å². The summed E-state index contributed by atoms with van der Waals surface area (Å²) in [6.07, 6.45) is 0.883. The lowest BCUT2D eigenvalue weighted by Gasteiger charge is -2.21. The van der Waals surface area contributed by atoms with E-state index < -0.39 is 6.04 Å². The van der Waals surface area contributed by atoms with Gasteiger partial charge in [0.05, 0.1) is 17.4 Å². The van der Waals surface area contributed by atoms with Gasteiger partial charge in [-0.1, -0.05) is 36.2 Å². The third-order valence-electron chi connectivity index (χ3n) is 3.26. The normalized spacial score (nSPS) is 13.8. The monoisotopic (exact) mass is 327 g/mol. The smallest absolute Gasteiger partial charge is 0.241 e. The fourth-order valence-electron chi connectivity index (χ4n) is 1.73. The van der Waals surface area contributed by atoms with Crippen LogP contribution in [0.3, 0.4) is 0 Å². The Labute approximate surface area is 123 Å². The topological polar surface area (TPSA) is 58.4 Å². The zero-order chi connectivity index (χ0) is 14.6. The number of hydrogen-bond donors (Lipinski definition) is 2. The van der Waals surface area contributed by atoms with Crippen LogP contribution in [0, 0.1) is 5.92 Å². The summed E-state index contributed by atoms with van der Waals surface area (Å²) in [7, 11) is 3.88. The molecule has 0 aliphatic rings. The van der Waals surface area contributed by atoms with Gasteiger partial charge in [0.1, 0.15) is 0 Å². The van der Waals surface area contributed by atoms with E-state index in [1.165, 1.54) is 0 Å². The van der Waals surface area contributed by atoms with Gasteiger partial charge in [-0.25, -0.2) is 0 Å². The maximum Gasteiger partial charge on any atom is 0.241 e. The van der Waals surface area contributed by atoms with E-state index in [2.05, 4.69) is 21.2 Å². The van der Waals surface area contributed by atoms with Crippen LogP contribution in [-0.2, 0) is 4.79 Å². The van der Waals surface area contributed by atoms with Gasteiger partial charge in [-0.3, -0.25) is 4.79 Å². The predicted octanol–water partition coefficient (Wildman–Crippen LogP) is 2.83. The second kappa shape index (κ2) is 6.91. The molecule has 0 aliphatic carbocycles. The van der Waals surface area contributed by atoms with E-state index in [0.717, 1.165) is 22.3 Å². The van der Waals surface area contributed by atoms with Crippen molar-refractivity contribution in [2.24, 2.45) is 11.7 Å². The number of rotatable bonds is 5. The zero-order valence-corrected chi connectivity index (χ0v) is 13.5. The van der Waals surface area contributed by atoms with Gasteiger partial charge in [0.15, 0.2) is 0 Å². The molecule has 1 rings (SSSR count). The minimum absolute atomic E-state index is 0.143. The van der Waals surface area contributed by atoms with E-state index in [-0.39, 0.29) is 11.8 Å². The summed E-state index contributed by atoms with van der Waals surface area (Å²) in [6.45, 7) is 4.01. The van der Waals surface area contributed by atoms with Crippen LogP contribution < -0.4 is 16.0 Å². The maximum atomic E-state index is 12.1. The Hall–Kier alpha value is -1.07. The minimum Gasteiger partial charge on any atom is -0.376 e. The van der Waals surface area contributed by atoms with Gasteiger partial charge in [0.25, 0.3) is 0 Å². The molecule has 106 valence electrons. The molecule has 3 N–H and O–H groups in total. The number of carbonyl (C=O) groups is 1. The van der Waals surface area contributed by atoms with E-state index >= 15 is 0 Å². The molecule has 1 amide bonds. The van der Waals surface area contributed by atoms with Crippen molar-refractivity contribution in [2.45, 2.75) is 26.3 Å². The highest BCUT2D eigenvalue weighted by Crippen LogP contribution is 2.28. The molecule has 1 aromatic carbocycles. The summed E-state index contributed by atoms with van der Waals surface area (Å²) in [5.41, 5.74) is 7.66. The SMILES string of the molecule is CCC(C)C(N)C(=O)Nc1cc(Br)ccc1N(C)C. The van der Waals surface area contributed by atoms with Crippen molar-refractivity contribution in [3.05, 3.63) is 22.7 Å². The Morgan fingerprint density at radius 1 is 1.47 bits per heavy atom. The third kappa shape index (κ3) is 4.21. The molecule has 0 saturated carbocycles. The number of nitrogens with zero attached hydrogens (tertiary/aromatic N) is 1. The highest BCUT2D eigenvalue weighted by atomic mass is 79.9. The summed E-state index contributed by atoms with van der Waals surface area (Å²) in [4.78, 5) is 14.1. The number of nitrogens with one attached hydrogen (secondary N) is 1. The largest absolute Gasteiger partial charge is 0.376 e. The molecule has 0 bridgehead atoms. The average Bonchev–Trinajstić information content (AvgIpc) is 2.36. The van der Waals surface area contributed by atoms with E-state index in [0.29, 0.717) is 0 Å². The number of carbonyl (C=O) groups excluding carboxylic acids is 1.